The van der Waals surface area contributed by atoms with Crippen LogP contribution in [0.5, 0.6) is 5.75 Å². The second-order valence-electron chi connectivity index (χ2n) is 4.51. The van der Waals surface area contributed by atoms with Crippen molar-refractivity contribution in [2.24, 2.45) is 0 Å². The van der Waals surface area contributed by atoms with E-state index in [1.54, 1.807) is 31.5 Å². The number of sulfonamides is 1. The van der Waals surface area contributed by atoms with Gasteiger partial charge in [-0.15, -0.1) is 0 Å². The maximum absolute atomic E-state index is 12.6. The van der Waals surface area contributed by atoms with Gasteiger partial charge in [-0.05, 0) is 35.9 Å². The number of rotatable bonds is 5. The van der Waals surface area contributed by atoms with Gasteiger partial charge in [-0.1, -0.05) is 6.92 Å². The zero-order valence-corrected chi connectivity index (χ0v) is 12.4. The summed E-state index contributed by atoms with van der Waals surface area (Å²) >= 11 is 0. The number of anilines is 1. The van der Waals surface area contributed by atoms with Crippen LogP contribution in [0.1, 0.15) is 12.5 Å². The second kappa shape index (κ2) is 6.11. The van der Waals surface area contributed by atoms with Crippen LogP contribution >= 0.6 is 0 Å². The number of benzene rings is 1. The van der Waals surface area contributed by atoms with Crippen molar-refractivity contribution in [2.45, 2.75) is 18.4 Å². The quantitative estimate of drug-likeness (QED) is 0.646. The molecule has 6 nitrogen and oxygen atoms in total. The van der Waals surface area contributed by atoms with Crippen LogP contribution in [0.3, 0.4) is 0 Å². The second-order valence-corrected chi connectivity index (χ2v) is 6.45. The van der Waals surface area contributed by atoms with Gasteiger partial charge in [0.1, 0.15) is 5.75 Å². The molecule has 0 saturated heterocycles. The van der Waals surface area contributed by atoms with E-state index in [1.807, 2.05) is 0 Å². The molecule has 0 radical (unpaired) electrons. The highest BCUT2D eigenvalue weighted by Crippen LogP contribution is 2.25. The maximum Gasteiger partial charge on any atom is 0.243 e. The summed E-state index contributed by atoms with van der Waals surface area (Å²) in [4.78, 5) is 3.97. The summed E-state index contributed by atoms with van der Waals surface area (Å²) < 4.78 is 26.6. The standard InChI is InChI=1S/C14H17N3O3S/c1-2-17(10-11-5-7-16-8-6-11)21(19,20)12-3-4-14(18)13(15)9-12/h3-9,18H,2,10,15H2,1H3. The van der Waals surface area contributed by atoms with Gasteiger partial charge in [0.15, 0.2) is 0 Å². The molecule has 0 aliphatic carbocycles. The molecule has 1 aromatic carbocycles. The first kappa shape index (κ1) is 15.3. The molecule has 0 amide bonds. The Morgan fingerprint density at radius 3 is 2.48 bits per heavy atom. The van der Waals surface area contributed by atoms with E-state index in [1.165, 1.54) is 22.5 Å². The average molecular weight is 307 g/mol. The van der Waals surface area contributed by atoms with Gasteiger partial charge in [0, 0.05) is 25.5 Å². The van der Waals surface area contributed by atoms with Crippen molar-refractivity contribution in [3.8, 4) is 5.75 Å². The zero-order chi connectivity index (χ0) is 15.5. The number of nitrogens with zero attached hydrogens (tertiary/aromatic N) is 2. The van der Waals surface area contributed by atoms with E-state index in [0.717, 1.165) is 5.56 Å². The molecule has 0 fully saturated rings. The first-order valence-electron chi connectivity index (χ1n) is 6.42. The fraction of sp³-hybridized carbons (Fsp3) is 0.214. The molecule has 0 unspecified atom stereocenters. The van der Waals surface area contributed by atoms with E-state index < -0.39 is 10.0 Å². The number of phenols is 1. The molecule has 0 spiro atoms. The van der Waals surface area contributed by atoms with Crippen molar-refractivity contribution in [3.63, 3.8) is 0 Å². The van der Waals surface area contributed by atoms with E-state index in [4.69, 9.17) is 5.73 Å². The van der Waals surface area contributed by atoms with Gasteiger partial charge in [0.25, 0.3) is 0 Å². The summed E-state index contributed by atoms with van der Waals surface area (Å²) in [6.07, 6.45) is 3.24. The Morgan fingerprint density at radius 2 is 1.90 bits per heavy atom. The lowest BCUT2D eigenvalue weighted by Gasteiger charge is -2.20. The zero-order valence-electron chi connectivity index (χ0n) is 11.6. The van der Waals surface area contributed by atoms with Gasteiger partial charge in [0.05, 0.1) is 10.6 Å². The minimum atomic E-state index is -3.67. The number of phenolic OH excluding ortho intramolecular Hbond substituents is 1. The Hall–Kier alpha value is -2.12. The molecule has 1 aromatic heterocycles. The number of pyridine rings is 1. The van der Waals surface area contributed by atoms with Crippen LogP contribution in [0.4, 0.5) is 5.69 Å². The normalized spacial score (nSPS) is 11.7. The summed E-state index contributed by atoms with van der Waals surface area (Å²) in [5.74, 6) is -0.133. The third kappa shape index (κ3) is 3.32. The fourth-order valence-electron chi connectivity index (χ4n) is 1.90. The lowest BCUT2D eigenvalue weighted by Crippen LogP contribution is -2.30. The highest BCUT2D eigenvalue weighted by Gasteiger charge is 2.23. The monoisotopic (exact) mass is 307 g/mol. The minimum absolute atomic E-state index is 0.0380. The van der Waals surface area contributed by atoms with Gasteiger partial charge < -0.3 is 10.8 Å². The third-order valence-electron chi connectivity index (χ3n) is 3.10. The van der Waals surface area contributed by atoms with Crippen molar-refractivity contribution in [1.82, 2.24) is 9.29 Å². The van der Waals surface area contributed by atoms with Crippen LogP contribution in [-0.4, -0.2) is 29.4 Å². The largest absolute Gasteiger partial charge is 0.506 e. The molecule has 21 heavy (non-hydrogen) atoms. The van der Waals surface area contributed by atoms with Gasteiger partial charge in [0.2, 0.25) is 10.0 Å². The smallest absolute Gasteiger partial charge is 0.243 e. The highest BCUT2D eigenvalue weighted by atomic mass is 32.2. The summed E-state index contributed by atoms with van der Waals surface area (Å²) in [6.45, 7) is 2.34. The van der Waals surface area contributed by atoms with Gasteiger partial charge in [-0.25, -0.2) is 8.42 Å². The van der Waals surface area contributed by atoms with Crippen molar-refractivity contribution < 1.29 is 13.5 Å². The summed E-state index contributed by atoms with van der Waals surface area (Å²) in [6, 6.07) is 7.42. The number of nitrogen functional groups attached to an aromatic ring is 1. The average Bonchev–Trinajstić information content (AvgIpc) is 2.48. The van der Waals surface area contributed by atoms with Crippen molar-refractivity contribution in [3.05, 3.63) is 48.3 Å². The van der Waals surface area contributed by atoms with Crippen molar-refractivity contribution in [1.29, 1.82) is 0 Å². The molecule has 0 bridgehead atoms. The summed E-state index contributed by atoms with van der Waals surface area (Å²) in [5, 5.41) is 9.40. The first-order valence-corrected chi connectivity index (χ1v) is 7.86. The van der Waals surface area contributed by atoms with Crippen molar-refractivity contribution in [2.75, 3.05) is 12.3 Å². The maximum atomic E-state index is 12.6. The number of hydrogen-bond acceptors (Lipinski definition) is 5. The molecule has 2 aromatic rings. The molecule has 1 heterocycles. The SMILES string of the molecule is CCN(Cc1ccncc1)S(=O)(=O)c1ccc(O)c(N)c1. The van der Waals surface area contributed by atoms with Crippen LogP contribution in [-0.2, 0) is 16.6 Å². The molecule has 7 heteroatoms. The molecule has 0 aliphatic rings. The predicted octanol–water partition coefficient (Wildman–Crippen LogP) is 1.58. The van der Waals surface area contributed by atoms with Crippen LogP contribution in [0.25, 0.3) is 0 Å². The lowest BCUT2D eigenvalue weighted by atomic mass is 10.3. The topological polar surface area (TPSA) is 96.5 Å². The molecule has 2 rings (SSSR count). The molecule has 0 saturated carbocycles. The fourth-order valence-corrected chi connectivity index (χ4v) is 3.37. The van der Waals surface area contributed by atoms with Crippen molar-refractivity contribution >= 4 is 15.7 Å². The Morgan fingerprint density at radius 1 is 1.24 bits per heavy atom. The third-order valence-corrected chi connectivity index (χ3v) is 5.01. The molecular formula is C14H17N3O3S. The number of aromatic hydroxyl groups is 1. The Balaban J connectivity index is 2.33. The predicted molar refractivity (Wildman–Crippen MR) is 80.0 cm³/mol. The first-order chi connectivity index (χ1) is 9.95. The van der Waals surface area contributed by atoms with Crippen LogP contribution in [0.2, 0.25) is 0 Å². The van der Waals surface area contributed by atoms with E-state index in [-0.39, 0.29) is 22.9 Å². The molecule has 0 atom stereocenters. The summed E-state index contributed by atoms with van der Waals surface area (Å²) in [7, 11) is -3.67. The highest BCUT2D eigenvalue weighted by molar-refractivity contribution is 7.89. The van der Waals surface area contributed by atoms with Gasteiger partial charge >= 0.3 is 0 Å². The summed E-state index contributed by atoms with van der Waals surface area (Å²) in [5.41, 5.74) is 6.46. The van der Waals surface area contributed by atoms with E-state index in [2.05, 4.69) is 4.98 Å². The molecular weight excluding hydrogens is 290 g/mol. The van der Waals surface area contributed by atoms with Gasteiger partial charge in [-0.2, -0.15) is 4.31 Å². The van der Waals surface area contributed by atoms with Gasteiger partial charge in [-0.3, -0.25) is 4.98 Å². The molecule has 0 aliphatic heterocycles. The molecule has 3 N–H and O–H groups in total. The number of hydrogen-bond donors (Lipinski definition) is 2. The van der Waals surface area contributed by atoms with Crippen LogP contribution in [0, 0.1) is 0 Å². The van der Waals surface area contributed by atoms with E-state index in [0.29, 0.717) is 6.54 Å². The van der Waals surface area contributed by atoms with Crippen LogP contribution in [0.15, 0.2) is 47.6 Å². The molecule has 112 valence electrons. The number of nitrogens with two attached hydrogens (primary N) is 1. The lowest BCUT2D eigenvalue weighted by molar-refractivity contribution is 0.423. The van der Waals surface area contributed by atoms with E-state index >= 15 is 0 Å². The number of aromatic nitrogens is 1. The Kier molecular flexibility index (Phi) is 4.44. The minimum Gasteiger partial charge on any atom is -0.506 e. The Bertz CT molecular complexity index is 717. The van der Waals surface area contributed by atoms with Crippen LogP contribution < -0.4 is 5.73 Å². The van der Waals surface area contributed by atoms with E-state index in [9.17, 15) is 13.5 Å². The Labute approximate surface area is 123 Å².